The molecule has 0 spiro atoms. The van der Waals surface area contributed by atoms with Crippen LogP contribution in [0.3, 0.4) is 0 Å². The molecule has 160 valence electrons. The molecule has 4 rings (SSSR count). The predicted octanol–water partition coefficient (Wildman–Crippen LogP) is 5.70. The second-order valence-corrected chi connectivity index (χ2v) is 8.04. The van der Waals surface area contributed by atoms with Gasteiger partial charge in [-0.25, -0.2) is 0 Å². The molecule has 0 saturated carbocycles. The maximum atomic E-state index is 13.5. The summed E-state index contributed by atoms with van der Waals surface area (Å²) in [7, 11) is 0. The molecule has 0 N–H and O–H groups in total. The molecule has 0 aliphatic carbocycles. The molecule has 5 heteroatoms. The monoisotopic (exact) mass is 416 g/mol. The van der Waals surface area contributed by atoms with Crippen molar-refractivity contribution in [3.8, 4) is 0 Å². The molecular weight excluding hydrogens is 388 g/mol. The normalized spacial score (nSPS) is 16.2. The van der Waals surface area contributed by atoms with E-state index < -0.39 is 0 Å². The largest absolute Gasteiger partial charge is 0.459 e. The third-order valence-electron chi connectivity index (χ3n) is 5.95. The Hall–Kier alpha value is -3.34. The van der Waals surface area contributed by atoms with E-state index in [1.807, 2.05) is 72.5 Å². The Balaban J connectivity index is 1.62. The minimum atomic E-state index is -0.312. The number of rotatable bonds is 6. The lowest BCUT2D eigenvalue weighted by atomic mass is 9.93. The van der Waals surface area contributed by atoms with Crippen LogP contribution in [0, 0.1) is 0 Å². The van der Waals surface area contributed by atoms with E-state index >= 15 is 0 Å². The zero-order chi connectivity index (χ0) is 22.0. The summed E-state index contributed by atoms with van der Waals surface area (Å²) in [6, 6.07) is 17.3. The van der Waals surface area contributed by atoms with Crippen LogP contribution in [0.25, 0.3) is 17.0 Å². The van der Waals surface area contributed by atoms with Crippen LogP contribution in [0.5, 0.6) is 0 Å². The Morgan fingerprint density at radius 1 is 1.13 bits per heavy atom. The number of furan rings is 1. The van der Waals surface area contributed by atoms with Crippen molar-refractivity contribution in [1.82, 2.24) is 9.80 Å². The lowest BCUT2D eigenvalue weighted by molar-refractivity contribution is -0.136. The van der Waals surface area contributed by atoms with Crippen LogP contribution in [-0.2, 0) is 9.59 Å². The van der Waals surface area contributed by atoms with Crippen LogP contribution in [0.4, 0.5) is 0 Å². The summed E-state index contributed by atoms with van der Waals surface area (Å²) in [5.74, 6) is 0.711. The SMILES string of the molecule is CCCN(C(=O)CC1c2ccccc2C=CN1C(C)=O)C(C)c1cc2ccccc2o1. The van der Waals surface area contributed by atoms with Crippen molar-refractivity contribution >= 4 is 28.9 Å². The molecule has 0 bridgehead atoms. The van der Waals surface area contributed by atoms with Crippen LogP contribution >= 0.6 is 0 Å². The van der Waals surface area contributed by atoms with Gasteiger partial charge in [0.2, 0.25) is 11.8 Å². The number of fused-ring (bicyclic) bond motifs is 2. The summed E-state index contributed by atoms with van der Waals surface area (Å²) in [6.07, 6.45) is 4.79. The first-order valence-corrected chi connectivity index (χ1v) is 10.8. The highest BCUT2D eigenvalue weighted by Crippen LogP contribution is 2.35. The zero-order valence-electron chi connectivity index (χ0n) is 18.2. The molecule has 1 aliphatic heterocycles. The Bertz CT molecular complexity index is 1100. The van der Waals surface area contributed by atoms with Gasteiger partial charge in [0.05, 0.1) is 18.5 Å². The number of carbonyl (C=O) groups excluding carboxylic acids is 2. The number of hydrogen-bond donors (Lipinski definition) is 0. The topological polar surface area (TPSA) is 53.8 Å². The molecule has 2 heterocycles. The first-order chi connectivity index (χ1) is 15.0. The second-order valence-electron chi connectivity index (χ2n) is 8.04. The fourth-order valence-corrected chi connectivity index (χ4v) is 4.33. The summed E-state index contributed by atoms with van der Waals surface area (Å²) >= 11 is 0. The third-order valence-corrected chi connectivity index (χ3v) is 5.95. The first-order valence-electron chi connectivity index (χ1n) is 10.8. The van der Waals surface area contributed by atoms with Gasteiger partial charge in [-0.15, -0.1) is 0 Å². The highest BCUT2D eigenvalue weighted by Gasteiger charge is 2.32. The molecule has 5 nitrogen and oxygen atoms in total. The van der Waals surface area contributed by atoms with Crippen molar-refractivity contribution in [3.05, 3.63) is 77.7 Å². The van der Waals surface area contributed by atoms with Gasteiger partial charge in [-0.2, -0.15) is 0 Å². The molecule has 0 saturated heterocycles. The van der Waals surface area contributed by atoms with Crippen molar-refractivity contribution in [1.29, 1.82) is 0 Å². The number of nitrogens with zero attached hydrogens (tertiary/aromatic N) is 2. The first kappa shape index (κ1) is 20.9. The maximum Gasteiger partial charge on any atom is 0.225 e. The van der Waals surface area contributed by atoms with Gasteiger partial charge in [-0.05, 0) is 42.7 Å². The number of hydrogen-bond acceptors (Lipinski definition) is 3. The highest BCUT2D eigenvalue weighted by molar-refractivity contribution is 5.82. The lowest BCUT2D eigenvalue weighted by Crippen LogP contribution is -2.39. The van der Waals surface area contributed by atoms with E-state index in [0.717, 1.165) is 34.3 Å². The molecule has 2 amide bonds. The Morgan fingerprint density at radius 2 is 1.87 bits per heavy atom. The minimum absolute atomic E-state index is 0.0103. The zero-order valence-corrected chi connectivity index (χ0v) is 18.2. The second kappa shape index (κ2) is 8.80. The van der Waals surface area contributed by atoms with E-state index in [9.17, 15) is 9.59 Å². The van der Waals surface area contributed by atoms with Gasteiger partial charge < -0.3 is 14.2 Å². The Kier molecular flexibility index (Phi) is 5.94. The molecule has 2 unspecified atom stereocenters. The average molecular weight is 417 g/mol. The third kappa shape index (κ3) is 4.13. The summed E-state index contributed by atoms with van der Waals surface area (Å²) in [6.45, 7) is 6.23. The van der Waals surface area contributed by atoms with Crippen LogP contribution in [0.2, 0.25) is 0 Å². The molecule has 2 atom stereocenters. The summed E-state index contributed by atoms with van der Waals surface area (Å²) < 4.78 is 6.04. The van der Waals surface area contributed by atoms with Gasteiger partial charge in [-0.1, -0.05) is 49.4 Å². The Morgan fingerprint density at radius 3 is 2.61 bits per heavy atom. The highest BCUT2D eigenvalue weighted by atomic mass is 16.3. The number of para-hydroxylation sites is 1. The van der Waals surface area contributed by atoms with Gasteiger partial charge in [0.25, 0.3) is 0 Å². The van der Waals surface area contributed by atoms with E-state index in [-0.39, 0.29) is 30.3 Å². The van der Waals surface area contributed by atoms with Crippen molar-refractivity contribution in [2.45, 2.75) is 45.7 Å². The van der Waals surface area contributed by atoms with E-state index in [4.69, 9.17) is 4.42 Å². The quantitative estimate of drug-likeness (QED) is 0.518. The molecule has 1 aliphatic rings. The van der Waals surface area contributed by atoms with E-state index in [0.29, 0.717) is 6.54 Å². The van der Waals surface area contributed by atoms with Gasteiger partial charge in [-0.3, -0.25) is 9.59 Å². The van der Waals surface area contributed by atoms with Crippen molar-refractivity contribution in [2.24, 2.45) is 0 Å². The summed E-state index contributed by atoms with van der Waals surface area (Å²) in [5.41, 5.74) is 2.87. The standard InChI is InChI=1S/C26H28N2O3/c1-4-14-27(18(2)25-16-21-10-6-8-12-24(21)31-25)26(30)17-23-22-11-7-5-9-20(22)13-15-28(23)19(3)29/h5-13,15-16,18,23H,4,14,17H2,1-3H3. The fourth-order valence-electron chi connectivity index (χ4n) is 4.33. The summed E-state index contributed by atoms with van der Waals surface area (Å²) in [4.78, 5) is 29.4. The average Bonchev–Trinajstić information content (AvgIpc) is 3.21. The van der Waals surface area contributed by atoms with Crippen molar-refractivity contribution in [3.63, 3.8) is 0 Å². The van der Waals surface area contributed by atoms with Crippen molar-refractivity contribution in [2.75, 3.05) is 6.54 Å². The summed E-state index contributed by atoms with van der Waals surface area (Å²) in [5, 5.41) is 1.03. The van der Waals surface area contributed by atoms with E-state index in [1.165, 1.54) is 6.92 Å². The van der Waals surface area contributed by atoms with Crippen LogP contribution < -0.4 is 0 Å². The number of amides is 2. The van der Waals surface area contributed by atoms with Crippen LogP contribution in [-0.4, -0.2) is 28.2 Å². The molecular formula is C26H28N2O3. The molecule has 31 heavy (non-hydrogen) atoms. The maximum absolute atomic E-state index is 13.5. The van der Waals surface area contributed by atoms with Gasteiger partial charge in [0.15, 0.2) is 0 Å². The minimum Gasteiger partial charge on any atom is -0.459 e. The van der Waals surface area contributed by atoms with Crippen LogP contribution in [0.15, 0.2) is 65.2 Å². The van der Waals surface area contributed by atoms with Crippen LogP contribution in [0.1, 0.15) is 62.6 Å². The molecule has 2 aromatic carbocycles. The molecule has 3 aromatic rings. The van der Waals surface area contributed by atoms with Gasteiger partial charge >= 0.3 is 0 Å². The van der Waals surface area contributed by atoms with E-state index in [2.05, 4.69) is 6.92 Å². The molecule has 0 radical (unpaired) electrons. The van der Waals surface area contributed by atoms with E-state index in [1.54, 1.807) is 11.1 Å². The van der Waals surface area contributed by atoms with Crippen molar-refractivity contribution < 1.29 is 14.0 Å². The lowest BCUT2D eigenvalue weighted by Gasteiger charge is -2.35. The van der Waals surface area contributed by atoms with Gasteiger partial charge in [0.1, 0.15) is 11.3 Å². The number of benzene rings is 2. The molecule has 0 fully saturated rings. The number of carbonyl (C=O) groups is 2. The Labute approximate surface area is 182 Å². The fraction of sp³-hybridized carbons (Fsp3) is 0.308. The smallest absolute Gasteiger partial charge is 0.225 e. The van der Waals surface area contributed by atoms with Gasteiger partial charge in [0, 0.05) is 25.1 Å². The molecule has 1 aromatic heterocycles. The predicted molar refractivity (Wildman–Crippen MR) is 122 cm³/mol.